The summed E-state index contributed by atoms with van der Waals surface area (Å²) >= 11 is 0. The molecule has 1 aromatic carbocycles. The lowest BCUT2D eigenvalue weighted by Crippen LogP contribution is -2.51. The van der Waals surface area contributed by atoms with E-state index >= 15 is 0 Å². The number of methoxy groups -OCH3 is 1. The quantitative estimate of drug-likeness (QED) is 0.900. The highest BCUT2D eigenvalue weighted by atomic mass is 16.6. The van der Waals surface area contributed by atoms with Crippen molar-refractivity contribution in [1.29, 1.82) is 0 Å². The molecule has 5 nitrogen and oxygen atoms in total. The van der Waals surface area contributed by atoms with Crippen molar-refractivity contribution in [2.24, 2.45) is 0 Å². The van der Waals surface area contributed by atoms with Crippen LogP contribution in [0.15, 0.2) is 18.2 Å². The highest BCUT2D eigenvalue weighted by molar-refractivity contribution is 5.87. The van der Waals surface area contributed by atoms with E-state index in [-0.39, 0.29) is 6.10 Å². The molecule has 2 aliphatic heterocycles. The van der Waals surface area contributed by atoms with Crippen LogP contribution in [0.25, 0.3) is 0 Å². The van der Waals surface area contributed by atoms with Crippen molar-refractivity contribution in [2.75, 3.05) is 12.4 Å². The third-order valence-electron chi connectivity index (χ3n) is 4.54. The summed E-state index contributed by atoms with van der Waals surface area (Å²) in [6.45, 7) is 1.98. The fraction of sp³-hybridized carbons (Fsp3) is 0.588. The summed E-state index contributed by atoms with van der Waals surface area (Å²) < 4.78 is 10.9. The minimum Gasteiger partial charge on any atom is -0.495 e. The Hall–Kier alpha value is -1.75. The molecule has 2 fully saturated rings. The molecule has 2 heterocycles. The van der Waals surface area contributed by atoms with E-state index in [2.05, 4.69) is 10.6 Å². The second-order valence-corrected chi connectivity index (χ2v) is 6.32. The molecule has 0 radical (unpaired) electrons. The van der Waals surface area contributed by atoms with Crippen molar-refractivity contribution < 1.29 is 14.3 Å². The van der Waals surface area contributed by atoms with Gasteiger partial charge in [0.05, 0.1) is 12.8 Å². The molecule has 5 heteroatoms. The van der Waals surface area contributed by atoms with Crippen LogP contribution in [0.4, 0.5) is 10.5 Å². The lowest BCUT2D eigenvalue weighted by molar-refractivity contribution is 0.0519. The van der Waals surface area contributed by atoms with Crippen molar-refractivity contribution in [3.8, 4) is 5.75 Å². The van der Waals surface area contributed by atoms with Crippen molar-refractivity contribution in [3.63, 3.8) is 0 Å². The van der Waals surface area contributed by atoms with Gasteiger partial charge in [0.2, 0.25) is 0 Å². The molecule has 2 unspecified atom stereocenters. The SMILES string of the molecule is COc1ccc(C)cc1NC(=O)OC1CC2CCCC(C1)N2. The second-order valence-electron chi connectivity index (χ2n) is 6.32. The average Bonchev–Trinajstić information content (AvgIpc) is 2.47. The van der Waals surface area contributed by atoms with Gasteiger partial charge in [-0.1, -0.05) is 12.5 Å². The van der Waals surface area contributed by atoms with E-state index in [1.165, 1.54) is 19.3 Å². The molecule has 2 N–H and O–H groups in total. The summed E-state index contributed by atoms with van der Waals surface area (Å²) in [5.41, 5.74) is 1.72. The molecule has 2 atom stereocenters. The lowest BCUT2D eigenvalue weighted by atomic mass is 9.85. The first-order chi connectivity index (χ1) is 10.6. The van der Waals surface area contributed by atoms with Crippen LogP contribution in [0.5, 0.6) is 5.75 Å². The van der Waals surface area contributed by atoms with Gasteiger partial charge in [0.1, 0.15) is 11.9 Å². The van der Waals surface area contributed by atoms with Crippen LogP contribution >= 0.6 is 0 Å². The fourth-order valence-corrected chi connectivity index (χ4v) is 3.52. The number of carbonyl (C=O) groups is 1. The van der Waals surface area contributed by atoms with Gasteiger partial charge in [-0.15, -0.1) is 0 Å². The van der Waals surface area contributed by atoms with Crippen LogP contribution < -0.4 is 15.4 Å². The Morgan fingerprint density at radius 1 is 1.27 bits per heavy atom. The van der Waals surface area contributed by atoms with Crippen LogP contribution in [0, 0.1) is 6.92 Å². The van der Waals surface area contributed by atoms with Crippen molar-refractivity contribution in [2.45, 2.75) is 57.2 Å². The molecule has 0 aliphatic carbocycles. The Bertz CT molecular complexity index is 535. The molecule has 0 aromatic heterocycles. The molecule has 3 rings (SSSR count). The number of piperidine rings is 2. The van der Waals surface area contributed by atoms with Crippen molar-refractivity contribution >= 4 is 11.8 Å². The molecular weight excluding hydrogens is 280 g/mol. The van der Waals surface area contributed by atoms with Gasteiger partial charge in [-0.05, 0) is 50.3 Å². The highest BCUT2D eigenvalue weighted by Crippen LogP contribution is 2.29. The predicted molar refractivity (Wildman–Crippen MR) is 85.4 cm³/mol. The zero-order chi connectivity index (χ0) is 15.5. The molecule has 1 amide bonds. The zero-order valence-corrected chi connectivity index (χ0v) is 13.2. The van der Waals surface area contributed by atoms with Crippen LogP contribution in [0.3, 0.4) is 0 Å². The summed E-state index contributed by atoms with van der Waals surface area (Å²) in [6, 6.07) is 6.68. The van der Waals surface area contributed by atoms with E-state index in [1.54, 1.807) is 7.11 Å². The molecule has 0 spiro atoms. The smallest absolute Gasteiger partial charge is 0.412 e. The van der Waals surface area contributed by atoms with E-state index in [0.717, 1.165) is 18.4 Å². The minimum absolute atomic E-state index is 0.00681. The van der Waals surface area contributed by atoms with Crippen LogP contribution in [-0.2, 0) is 4.74 Å². The number of anilines is 1. The summed E-state index contributed by atoms with van der Waals surface area (Å²) in [4.78, 5) is 12.2. The van der Waals surface area contributed by atoms with E-state index in [9.17, 15) is 4.79 Å². The van der Waals surface area contributed by atoms with Crippen LogP contribution in [0.2, 0.25) is 0 Å². The number of nitrogens with one attached hydrogen (secondary N) is 2. The van der Waals surface area contributed by atoms with E-state index in [1.807, 2.05) is 25.1 Å². The number of carbonyl (C=O) groups excluding carboxylic acids is 1. The molecule has 2 bridgehead atoms. The molecule has 2 aliphatic rings. The van der Waals surface area contributed by atoms with Crippen molar-refractivity contribution in [1.82, 2.24) is 5.32 Å². The minimum atomic E-state index is -0.395. The highest BCUT2D eigenvalue weighted by Gasteiger charge is 2.33. The number of fused-ring (bicyclic) bond motifs is 2. The first-order valence-electron chi connectivity index (χ1n) is 8.02. The number of hydrogen-bond acceptors (Lipinski definition) is 4. The van der Waals surface area contributed by atoms with Crippen molar-refractivity contribution in [3.05, 3.63) is 23.8 Å². The predicted octanol–water partition coefficient (Wildman–Crippen LogP) is 3.23. The van der Waals surface area contributed by atoms with E-state index in [0.29, 0.717) is 23.5 Å². The summed E-state index contributed by atoms with van der Waals surface area (Å²) in [5, 5.41) is 6.41. The number of amides is 1. The largest absolute Gasteiger partial charge is 0.495 e. The van der Waals surface area contributed by atoms with Gasteiger partial charge >= 0.3 is 6.09 Å². The first kappa shape index (κ1) is 15.2. The summed E-state index contributed by atoms with van der Waals surface area (Å²) in [6.07, 6.45) is 5.08. The van der Waals surface area contributed by atoms with E-state index < -0.39 is 6.09 Å². The van der Waals surface area contributed by atoms with Gasteiger partial charge in [-0.3, -0.25) is 5.32 Å². The third-order valence-corrected chi connectivity index (χ3v) is 4.54. The molecular formula is C17H24N2O3. The number of aryl methyl sites for hydroxylation is 1. The van der Waals surface area contributed by atoms with Gasteiger partial charge in [-0.2, -0.15) is 0 Å². The molecule has 22 heavy (non-hydrogen) atoms. The maximum atomic E-state index is 12.2. The summed E-state index contributed by atoms with van der Waals surface area (Å²) in [5.74, 6) is 0.643. The van der Waals surface area contributed by atoms with Gasteiger partial charge in [0.25, 0.3) is 0 Å². The maximum Gasteiger partial charge on any atom is 0.412 e. The van der Waals surface area contributed by atoms with E-state index in [4.69, 9.17) is 9.47 Å². The maximum absolute atomic E-state index is 12.2. The third kappa shape index (κ3) is 3.53. The Kier molecular flexibility index (Phi) is 4.52. The Morgan fingerprint density at radius 2 is 2.00 bits per heavy atom. The first-order valence-corrected chi connectivity index (χ1v) is 8.02. The Morgan fingerprint density at radius 3 is 2.68 bits per heavy atom. The molecule has 120 valence electrons. The zero-order valence-electron chi connectivity index (χ0n) is 13.2. The Balaban J connectivity index is 1.59. The normalized spacial score (nSPS) is 27.1. The monoisotopic (exact) mass is 304 g/mol. The molecule has 1 aromatic rings. The molecule has 0 saturated carbocycles. The van der Waals surface area contributed by atoms with Gasteiger partial charge < -0.3 is 14.8 Å². The van der Waals surface area contributed by atoms with Gasteiger partial charge in [-0.25, -0.2) is 4.79 Å². The van der Waals surface area contributed by atoms with Crippen LogP contribution in [0.1, 0.15) is 37.7 Å². The average molecular weight is 304 g/mol. The van der Waals surface area contributed by atoms with Crippen LogP contribution in [-0.4, -0.2) is 31.4 Å². The summed E-state index contributed by atoms with van der Waals surface area (Å²) in [7, 11) is 1.59. The second kappa shape index (κ2) is 6.57. The van der Waals surface area contributed by atoms with Gasteiger partial charge in [0, 0.05) is 12.1 Å². The Labute approximate surface area is 131 Å². The number of ether oxygens (including phenoxy) is 2. The topological polar surface area (TPSA) is 59.6 Å². The molecule has 2 saturated heterocycles. The van der Waals surface area contributed by atoms with Gasteiger partial charge in [0.15, 0.2) is 0 Å². The number of rotatable bonds is 3. The fourth-order valence-electron chi connectivity index (χ4n) is 3.52. The lowest BCUT2D eigenvalue weighted by Gasteiger charge is -2.39. The number of benzene rings is 1. The standard InChI is InChI=1S/C17H24N2O3/c1-11-6-7-16(21-2)15(8-11)19-17(20)22-14-9-12-4-3-5-13(10-14)18-12/h6-8,12-14,18H,3-5,9-10H2,1-2H3,(H,19,20). The number of hydrogen-bond donors (Lipinski definition) is 2.